The summed E-state index contributed by atoms with van der Waals surface area (Å²) in [5.41, 5.74) is -0.579. The third kappa shape index (κ3) is 4.48. The molecule has 1 aromatic rings. The van der Waals surface area contributed by atoms with E-state index < -0.39 is 29.3 Å². The fourth-order valence-corrected chi connectivity index (χ4v) is 3.17. The number of esters is 1. The number of amides is 1. The number of nitriles is 1. The number of benzene rings is 1. The van der Waals surface area contributed by atoms with Gasteiger partial charge in [0.25, 0.3) is 5.91 Å². The largest absolute Gasteiger partial charge is 0.449 e. The van der Waals surface area contributed by atoms with Crippen molar-refractivity contribution in [3.8, 4) is 6.07 Å². The Morgan fingerprint density at radius 2 is 1.96 bits per heavy atom. The smallest absolute Gasteiger partial charge is 0.331 e. The molecule has 1 atom stereocenters. The molecule has 5 nitrogen and oxygen atoms in total. The molecular formula is C20H23FN2O3. The Bertz CT molecular complexity index is 733. The van der Waals surface area contributed by atoms with Crippen LogP contribution in [-0.4, -0.2) is 35.5 Å². The number of halogens is 1. The number of carbonyl (C=O) groups is 2. The zero-order chi connectivity index (χ0) is 19.2. The highest BCUT2D eigenvalue weighted by Gasteiger charge is 2.40. The van der Waals surface area contributed by atoms with Crippen molar-refractivity contribution in [3.63, 3.8) is 0 Å². The number of rotatable bonds is 5. The van der Waals surface area contributed by atoms with Crippen molar-refractivity contribution < 1.29 is 18.7 Å². The van der Waals surface area contributed by atoms with Crippen LogP contribution < -0.4 is 0 Å². The quantitative estimate of drug-likeness (QED) is 0.597. The predicted octanol–water partition coefficient (Wildman–Crippen LogP) is 3.46. The molecule has 1 amide bonds. The highest BCUT2D eigenvalue weighted by Crippen LogP contribution is 2.32. The number of ether oxygens (including phenoxy) is 1. The molecule has 138 valence electrons. The second-order valence-corrected chi connectivity index (χ2v) is 6.54. The summed E-state index contributed by atoms with van der Waals surface area (Å²) in [7, 11) is 1.58. The molecule has 1 aliphatic carbocycles. The van der Waals surface area contributed by atoms with Crippen LogP contribution in [0, 0.1) is 17.1 Å². The van der Waals surface area contributed by atoms with Gasteiger partial charge in [-0.25, -0.2) is 9.18 Å². The van der Waals surface area contributed by atoms with Crippen molar-refractivity contribution in [1.29, 1.82) is 5.26 Å². The fraction of sp³-hybridized carbons (Fsp3) is 0.450. The Kier molecular flexibility index (Phi) is 6.51. The molecule has 0 aromatic heterocycles. The maximum absolute atomic E-state index is 13.5. The van der Waals surface area contributed by atoms with Crippen LogP contribution in [-0.2, 0) is 14.3 Å². The topological polar surface area (TPSA) is 70.4 Å². The van der Waals surface area contributed by atoms with Crippen molar-refractivity contribution in [2.45, 2.75) is 50.7 Å². The normalized spacial score (nSPS) is 17.3. The van der Waals surface area contributed by atoms with Crippen molar-refractivity contribution in [3.05, 3.63) is 41.7 Å². The molecule has 0 spiro atoms. The Labute approximate surface area is 153 Å². The van der Waals surface area contributed by atoms with Gasteiger partial charge in [-0.3, -0.25) is 4.79 Å². The molecular weight excluding hydrogens is 335 g/mol. The second kappa shape index (κ2) is 8.61. The standard InChI is InChI=1S/C20H23FN2O3/c1-15(19(25)23(2)20(14-22)12-6-3-7-13-20)26-18(24)11-10-16-8-4-5-9-17(16)21/h4-5,8-11,15H,3,6-7,12-13H2,1-2H3/b11-10+/t15-/m1/s1. The molecule has 1 aliphatic rings. The van der Waals surface area contributed by atoms with Crippen molar-refractivity contribution >= 4 is 18.0 Å². The maximum atomic E-state index is 13.5. The zero-order valence-electron chi connectivity index (χ0n) is 15.1. The van der Waals surface area contributed by atoms with Crippen LogP contribution in [0.15, 0.2) is 30.3 Å². The lowest BCUT2D eigenvalue weighted by Crippen LogP contribution is -2.53. The molecule has 0 radical (unpaired) electrons. The summed E-state index contributed by atoms with van der Waals surface area (Å²) in [5.74, 6) is -1.60. The Balaban J connectivity index is 1.98. The minimum Gasteiger partial charge on any atom is -0.449 e. The predicted molar refractivity (Wildman–Crippen MR) is 95.2 cm³/mol. The van der Waals surface area contributed by atoms with Gasteiger partial charge in [-0.05, 0) is 31.9 Å². The van der Waals surface area contributed by atoms with Gasteiger partial charge in [0, 0.05) is 18.7 Å². The average molecular weight is 358 g/mol. The van der Waals surface area contributed by atoms with Crippen molar-refractivity contribution in [1.82, 2.24) is 4.90 Å². The van der Waals surface area contributed by atoms with Gasteiger partial charge in [0.05, 0.1) is 6.07 Å². The summed E-state index contributed by atoms with van der Waals surface area (Å²) in [4.78, 5) is 25.9. The second-order valence-electron chi connectivity index (χ2n) is 6.54. The lowest BCUT2D eigenvalue weighted by atomic mass is 9.81. The maximum Gasteiger partial charge on any atom is 0.331 e. The van der Waals surface area contributed by atoms with Gasteiger partial charge in [-0.1, -0.05) is 37.5 Å². The first-order valence-electron chi connectivity index (χ1n) is 8.72. The van der Waals surface area contributed by atoms with Crippen molar-refractivity contribution in [2.75, 3.05) is 7.05 Å². The molecule has 1 fully saturated rings. The van der Waals surface area contributed by atoms with Gasteiger partial charge in [-0.15, -0.1) is 0 Å². The van der Waals surface area contributed by atoms with Crippen LogP contribution in [0.5, 0.6) is 0 Å². The molecule has 1 aromatic carbocycles. The Morgan fingerprint density at radius 1 is 1.31 bits per heavy atom. The first-order chi connectivity index (χ1) is 12.4. The van der Waals surface area contributed by atoms with E-state index in [1.807, 2.05) is 0 Å². The van der Waals surface area contributed by atoms with E-state index in [2.05, 4.69) is 6.07 Å². The van der Waals surface area contributed by atoms with E-state index in [1.54, 1.807) is 19.2 Å². The lowest BCUT2D eigenvalue weighted by molar-refractivity contribution is -0.157. The van der Waals surface area contributed by atoms with Gasteiger partial charge in [-0.2, -0.15) is 5.26 Å². The zero-order valence-corrected chi connectivity index (χ0v) is 15.1. The van der Waals surface area contributed by atoms with Crippen LogP contribution in [0.3, 0.4) is 0 Å². The third-order valence-corrected chi connectivity index (χ3v) is 4.81. The summed E-state index contributed by atoms with van der Waals surface area (Å²) in [6, 6.07) is 8.29. The highest BCUT2D eigenvalue weighted by atomic mass is 19.1. The van der Waals surface area contributed by atoms with Crippen molar-refractivity contribution in [2.24, 2.45) is 0 Å². The van der Waals surface area contributed by atoms with Crippen LogP contribution in [0.25, 0.3) is 6.08 Å². The first kappa shape index (κ1) is 19.6. The molecule has 6 heteroatoms. The van der Waals surface area contributed by atoms with Crippen LogP contribution in [0.1, 0.15) is 44.6 Å². The summed E-state index contributed by atoms with van der Waals surface area (Å²) in [6.07, 6.45) is 5.45. The minimum atomic E-state index is -1.02. The van der Waals surface area contributed by atoms with E-state index in [4.69, 9.17) is 4.74 Å². The lowest BCUT2D eigenvalue weighted by Gasteiger charge is -2.39. The molecule has 0 N–H and O–H groups in total. The van der Waals surface area contributed by atoms with E-state index in [-0.39, 0.29) is 5.56 Å². The third-order valence-electron chi connectivity index (χ3n) is 4.81. The molecule has 0 heterocycles. The average Bonchev–Trinajstić information content (AvgIpc) is 2.66. The first-order valence-corrected chi connectivity index (χ1v) is 8.72. The summed E-state index contributed by atoms with van der Waals surface area (Å²) in [5, 5.41) is 9.56. The molecule has 0 unspecified atom stereocenters. The molecule has 0 aliphatic heterocycles. The fourth-order valence-electron chi connectivity index (χ4n) is 3.17. The summed E-state index contributed by atoms with van der Waals surface area (Å²) in [6.45, 7) is 1.47. The minimum absolute atomic E-state index is 0.256. The van der Waals surface area contributed by atoms with Gasteiger partial charge >= 0.3 is 5.97 Å². The number of carbonyl (C=O) groups excluding carboxylic acids is 2. The van der Waals surface area contributed by atoms with Gasteiger partial charge in [0.1, 0.15) is 11.4 Å². The van der Waals surface area contributed by atoms with Crippen LogP contribution in [0.4, 0.5) is 4.39 Å². The van der Waals surface area contributed by atoms with E-state index in [9.17, 15) is 19.2 Å². The van der Waals surface area contributed by atoms with E-state index in [1.165, 1.54) is 30.0 Å². The molecule has 0 saturated heterocycles. The SMILES string of the molecule is C[C@@H](OC(=O)/C=C/c1ccccc1F)C(=O)N(C)C1(C#N)CCCCC1. The van der Waals surface area contributed by atoms with Gasteiger partial charge < -0.3 is 9.64 Å². The molecule has 2 rings (SSSR count). The molecule has 0 bridgehead atoms. The van der Waals surface area contributed by atoms with Crippen LogP contribution in [0.2, 0.25) is 0 Å². The van der Waals surface area contributed by atoms with E-state index in [0.717, 1.165) is 25.3 Å². The van der Waals surface area contributed by atoms with E-state index >= 15 is 0 Å². The van der Waals surface area contributed by atoms with Gasteiger partial charge in [0.2, 0.25) is 0 Å². The van der Waals surface area contributed by atoms with E-state index in [0.29, 0.717) is 12.8 Å². The monoisotopic (exact) mass is 358 g/mol. The Morgan fingerprint density at radius 3 is 2.58 bits per heavy atom. The number of hydrogen-bond acceptors (Lipinski definition) is 4. The summed E-state index contributed by atoms with van der Waals surface area (Å²) < 4.78 is 18.7. The Hall–Kier alpha value is -2.68. The summed E-state index contributed by atoms with van der Waals surface area (Å²) >= 11 is 0. The number of nitrogens with zero attached hydrogens (tertiary/aromatic N) is 2. The molecule has 26 heavy (non-hydrogen) atoms. The number of likely N-dealkylation sites (N-methyl/N-ethyl adjacent to an activating group) is 1. The van der Waals surface area contributed by atoms with Crippen LogP contribution >= 0.6 is 0 Å². The highest BCUT2D eigenvalue weighted by molar-refractivity contribution is 5.90. The number of hydrogen-bond donors (Lipinski definition) is 0. The molecule has 1 saturated carbocycles. The van der Waals surface area contributed by atoms with Gasteiger partial charge in [0.15, 0.2) is 6.10 Å².